The number of imide groups is 1. The molecule has 22 heavy (non-hydrogen) atoms. The summed E-state index contributed by atoms with van der Waals surface area (Å²) in [4.78, 5) is 37.1. The Labute approximate surface area is 131 Å². The van der Waals surface area contributed by atoms with Gasteiger partial charge in [-0.25, -0.2) is 9.69 Å². The Bertz CT molecular complexity index is 752. The van der Waals surface area contributed by atoms with Crippen LogP contribution in [-0.2, 0) is 4.74 Å². The number of nitrogens with zero attached hydrogens (tertiary/aromatic N) is 1. The first-order chi connectivity index (χ1) is 10.6. The second kappa shape index (κ2) is 5.61. The number of hydrogen-bond acceptors (Lipinski definition) is 4. The molecule has 110 valence electrons. The highest BCUT2D eigenvalue weighted by Gasteiger charge is 2.35. The standard InChI is InChI=1S/C16H10ClNO4/c17-13-8-4-3-7-12(13)16(21)22-9-18-14(19)10-5-1-2-6-11(10)15(18)20/h1-8H,9H2. The number of carbonyl (C=O) groups excluding carboxylic acids is 3. The van der Waals surface area contributed by atoms with Gasteiger partial charge < -0.3 is 4.74 Å². The summed E-state index contributed by atoms with van der Waals surface area (Å²) in [6.07, 6.45) is 0. The summed E-state index contributed by atoms with van der Waals surface area (Å²) in [5.41, 5.74) is 0.795. The molecule has 1 heterocycles. The fourth-order valence-corrected chi connectivity index (χ4v) is 2.40. The molecule has 0 aliphatic carbocycles. The third-order valence-corrected chi connectivity index (χ3v) is 3.63. The minimum atomic E-state index is -0.692. The van der Waals surface area contributed by atoms with Crippen LogP contribution in [0.4, 0.5) is 0 Å². The number of ether oxygens (including phenoxy) is 1. The molecule has 0 fully saturated rings. The summed E-state index contributed by atoms with van der Waals surface area (Å²) in [5.74, 6) is -1.65. The first-order valence-corrected chi connectivity index (χ1v) is 6.84. The number of rotatable bonds is 3. The van der Waals surface area contributed by atoms with Crippen LogP contribution in [0.25, 0.3) is 0 Å². The normalized spacial score (nSPS) is 13.2. The number of amides is 2. The predicted octanol–water partition coefficient (Wildman–Crippen LogP) is 2.75. The maximum atomic E-state index is 12.1. The van der Waals surface area contributed by atoms with Crippen LogP contribution in [-0.4, -0.2) is 29.4 Å². The molecular formula is C16H10ClNO4. The molecule has 0 unspecified atom stereocenters. The van der Waals surface area contributed by atoms with Crippen molar-refractivity contribution in [1.82, 2.24) is 4.90 Å². The summed E-state index contributed by atoms with van der Waals surface area (Å²) >= 11 is 5.90. The summed E-state index contributed by atoms with van der Waals surface area (Å²) in [6, 6.07) is 12.9. The number of hydrogen-bond donors (Lipinski definition) is 0. The van der Waals surface area contributed by atoms with Crippen molar-refractivity contribution >= 4 is 29.4 Å². The Balaban J connectivity index is 1.73. The van der Waals surface area contributed by atoms with Crippen molar-refractivity contribution in [1.29, 1.82) is 0 Å². The van der Waals surface area contributed by atoms with Crippen molar-refractivity contribution in [2.75, 3.05) is 6.73 Å². The Morgan fingerprint density at radius 3 is 2.09 bits per heavy atom. The van der Waals surface area contributed by atoms with Gasteiger partial charge in [0.25, 0.3) is 11.8 Å². The summed E-state index contributed by atoms with van der Waals surface area (Å²) in [5, 5.41) is 0.245. The molecule has 2 aromatic carbocycles. The molecule has 0 bridgehead atoms. The zero-order valence-corrected chi connectivity index (χ0v) is 12.0. The van der Waals surface area contributed by atoms with E-state index in [1.54, 1.807) is 42.5 Å². The van der Waals surface area contributed by atoms with Crippen LogP contribution in [0.3, 0.4) is 0 Å². The van der Waals surface area contributed by atoms with Crippen LogP contribution >= 0.6 is 11.6 Å². The molecule has 0 aromatic heterocycles. The quantitative estimate of drug-likeness (QED) is 0.645. The molecular weight excluding hydrogens is 306 g/mol. The Hall–Kier alpha value is -2.66. The van der Waals surface area contributed by atoms with E-state index in [2.05, 4.69) is 0 Å². The minimum absolute atomic E-state index is 0.181. The van der Waals surface area contributed by atoms with Gasteiger partial charge >= 0.3 is 5.97 Å². The van der Waals surface area contributed by atoms with Gasteiger partial charge in [-0.3, -0.25) is 9.59 Å². The lowest BCUT2D eigenvalue weighted by atomic mass is 10.1. The highest BCUT2D eigenvalue weighted by atomic mass is 35.5. The summed E-state index contributed by atoms with van der Waals surface area (Å²) < 4.78 is 5.03. The lowest BCUT2D eigenvalue weighted by molar-refractivity contribution is 0.0228. The van der Waals surface area contributed by atoms with Crippen molar-refractivity contribution in [3.8, 4) is 0 Å². The smallest absolute Gasteiger partial charge is 0.341 e. The zero-order chi connectivity index (χ0) is 15.7. The zero-order valence-electron chi connectivity index (χ0n) is 11.3. The van der Waals surface area contributed by atoms with E-state index in [9.17, 15) is 14.4 Å². The second-order valence-electron chi connectivity index (χ2n) is 4.62. The average molecular weight is 316 g/mol. The minimum Gasteiger partial charge on any atom is -0.440 e. The molecule has 0 spiro atoms. The van der Waals surface area contributed by atoms with Gasteiger partial charge in [0.1, 0.15) is 0 Å². The molecule has 2 aromatic rings. The monoisotopic (exact) mass is 315 g/mol. The van der Waals surface area contributed by atoms with E-state index in [0.717, 1.165) is 4.90 Å². The van der Waals surface area contributed by atoms with Gasteiger partial charge in [0, 0.05) is 0 Å². The van der Waals surface area contributed by atoms with Crippen molar-refractivity contribution < 1.29 is 19.1 Å². The van der Waals surface area contributed by atoms with E-state index in [0.29, 0.717) is 11.1 Å². The van der Waals surface area contributed by atoms with Crippen molar-refractivity contribution in [2.24, 2.45) is 0 Å². The second-order valence-corrected chi connectivity index (χ2v) is 5.03. The third-order valence-electron chi connectivity index (χ3n) is 3.30. The van der Waals surface area contributed by atoms with Crippen LogP contribution in [0, 0.1) is 0 Å². The molecule has 0 radical (unpaired) electrons. The van der Waals surface area contributed by atoms with Crippen molar-refractivity contribution in [3.05, 3.63) is 70.2 Å². The number of halogens is 1. The fourth-order valence-electron chi connectivity index (χ4n) is 2.18. The van der Waals surface area contributed by atoms with Gasteiger partial charge in [-0.2, -0.15) is 0 Å². The van der Waals surface area contributed by atoms with Crippen LogP contribution in [0.1, 0.15) is 31.1 Å². The summed E-state index contributed by atoms with van der Waals surface area (Å²) in [7, 11) is 0. The topological polar surface area (TPSA) is 63.7 Å². The van der Waals surface area contributed by atoms with Gasteiger partial charge in [-0.05, 0) is 24.3 Å². The maximum Gasteiger partial charge on any atom is 0.341 e. The molecule has 2 amide bonds. The van der Waals surface area contributed by atoms with Gasteiger partial charge in [0.05, 0.1) is 21.7 Å². The number of carbonyl (C=O) groups is 3. The lowest BCUT2D eigenvalue weighted by Crippen LogP contribution is -2.33. The molecule has 0 saturated carbocycles. The molecule has 1 aliphatic rings. The first kappa shape index (κ1) is 14.3. The number of esters is 1. The SMILES string of the molecule is O=C(OCN1C(=O)c2ccccc2C1=O)c1ccccc1Cl. The first-order valence-electron chi connectivity index (χ1n) is 6.46. The van der Waals surface area contributed by atoms with E-state index in [-0.39, 0.29) is 10.6 Å². The molecule has 5 nitrogen and oxygen atoms in total. The van der Waals surface area contributed by atoms with Crippen LogP contribution in [0.2, 0.25) is 5.02 Å². The van der Waals surface area contributed by atoms with E-state index < -0.39 is 24.5 Å². The van der Waals surface area contributed by atoms with E-state index in [1.165, 1.54) is 6.07 Å². The van der Waals surface area contributed by atoms with Gasteiger partial charge in [0.2, 0.25) is 0 Å². The predicted molar refractivity (Wildman–Crippen MR) is 78.7 cm³/mol. The van der Waals surface area contributed by atoms with Crippen LogP contribution in [0.5, 0.6) is 0 Å². The fraction of sp³-hybridized carbons (Fsp3) is 0.0625. The van der Waals surface area contributed by atoms with Crippen molar-refractivity contribution in [2.45, 2.75) is 0 Å². The molecule has 0 saturated heterocycles. The van der Waals surface area contributed by atoms with Gasteiger partial charge in [-0.15, -0.1) is 0 Å². The maximum absolute atomic E-state index is 12.1. The Kier molecular flexibility index (Phi) is 3.65. The highest BCUT2D eigenvalue weighted by Crippen LogP contribution is 2.23. The highest BCUT2D eigenvalue weighted by molar-refractivity contribution is 6.33. The van der Waals surface area contributed by atoms with E-state index >= 15 is 0 Å². The molecule has 0 atom stereocenters. The largest absolute Gasteiger partial charge is 0.440 e. The van der Waals surface area contributed by atoms with Crippen LogP contribution in [0.15, 0.2) is 48.5 Å². The number of benzene rings is 2. The number of fused-ring (bicyclic) bond motifs is 1. The summed E-state index contributed by atoms with van der Waals surface area (Å²) in [6.45, 7) is -0.448. The molecule has 1 aliphatic heterocycles. The van der Waals surface area contributed by atoms with Gasteiger partial charge in [-0.1, -0.05) is 35.9 Å². The Morgan fingerprint density at radius 1 is 0.955 bits per heavy atom. The molecule has 0 N–H and O–H groups in total. The molecule has 6 heteroatoms. The van der Waals surface area contributed by atoms with Crippen molar-refractivity contribution in [3.63, 3.8) is 0 Å². The Morgan fingerprint density at radius 2 is 1.50 bits per heavy atom. The van der Waals surface area contributed by atoms with E-state index in [1.807, 2.05) is 0 Å². The van der Waals surface area contributed by atoms with Crippen LogP contribution < -0.4 is 0 Å². The molecule has 3 rings (SSSR count). The van der Waals surface area contributed by atoms with E-state index in [4.69, 9.17) is 16.3 Å². The lowest BCUT2D eigenvalue weighted by Gasteiger charge is -2.14. The van der Waals surface area contributed by atoms with Gasteiger partial charge in [0.15, 0.2) is 6.73 Å². The average Bonchev–Trinajstić information content (AvgIpc) is 2.77. The third kappa shape index (κ3) is 2.35.